The molecule has 0 saturated carbocycles. The summed E-state index contributed by atoms with van der Waals surface area (Å²) in [7, 11) is 0. The molecule has 0 spiro atoms. The van der Waals surface area contributed by atoms with Gasteiger partial charge in [0.05, 0.1) is 15.8 Å². The summed E-state index contributed by atoms with van der Waals surface area (Å²) in [5.41, 5.74) is 0.944. The van der Waals surface area contributed by atoms with Crippen molar-refractivity contribution in [1.82, 2.24) is 4.98 Å². The summed E-state index contributed by atoms with van der Waals surface area (Å²) in [5.74, 6) is -0.558. The van der Waals surface area contributed by atoms with E-state index in [1.165, 1.54) is 29.5 Å². The van der Waals surface area contributed by atoms with Crippen molar-refractivity contribution < 1.29 is 9.90 Å². The first-order valence-corrected chi connectivity index (χ1v) is 6.98. The van der Waals surface area contributed by atoms with Crippen LogP contribution in [0.5, 0.6) is 5.75 Å². The van der Waals surface area contributed by atoms with E-state index in [4.69, 9.17) is 11.6 Å². The molecule has 0 bridgehead atoms. The molecule has 3 aromatic rings. The van der Waals surface area contributed by atoms with Gasteiger partial charge >= 0.3 is 0 Å². The molecule has 0 aliphatic carbocycles. The first-order valence-electron chi connectivity index (χ1n) is 5.79. The Hall–Kier alpha value is -2.11. The van der Waals surface area contributed by atoms with Crippen LogP contribution in [-0.2, 0) is 0 Å². The number of thiazole rings is 1. The van der Waals surface area contributed by atoms with Crippen LogP contribution in [-0.4, -0.2) is 16.0 Å². The number of carbonyl (C=O) groups excluding carboxylic acids is 1. The van der Waals surface area contributed by atoms with Gasteiger partial charge in [0, 0.05) is 5.02 Å². The first-order chi connectivity index (χ1) is 9.63. The van der Waals surface area contributed by atoms with Crippen LogP contribution < -0.4 is 5.32 Å². The summed E-state index contributed by atoms with van der Waals surface area (Å²) in [6.45, 7) is 0. The number of rotatable bonds is 2. The van der Waals surface area contributed by atoms with Gasteiger partial charge < -0.3 is 5.11 Å². The van der Waals surface area contributed by atoms with Crippen molar-refractivity contribution in [3.8, 4) is 5.75 Å². The number of anilines is 1. The normalized spacial score (nSPS) is 10.1. The molecule has 3 rings (SSSR count). The van der Waals surface area contributed by atoms with E-state index in [0.717, 1.165) is 10.2 Å². The van der Waals surface area contributed by atoms with Gasteiger partial charge in [-0.15, -0.1) is 0 Å². The van der Waals surface area contributed by atoms with Gasteiger partial charge in [-0.1, -0.05) is 42.5 Å². The number of aromatic nitrogens is 1. The number of fused-ring (bicyclic) bond motifs is 1. The van der Waals surface area contributed by atoms with Gasteiger partial charge in [0.25, 0.3) is 5.91 Å². The molecule has 2 N–H and O–H groups in total. The van der Waals surface area contributed by atoms with Crippen molar-refractivity contribution in [2.75, 3.05) is 5.32 Å². The van der Waals surface area contributed by atoms with Crippen LogP contribution in [0.3, 0.4) is 0 Å². The smallest absolute Gasteiger partial charge is 0.261 e. The number of phenols is 1. The molecule has 0 aliphatic rings. The number of carbonyl (C=O) groups is 1. The summed E-state index contributed by atoms with van der Waals surface area (Å²) in [5, 5.41) is 13.2. The van der Waals surface area contributed by atoms with Crippen LogP contribution in [0, 0.1) is 0 Å². The van der Waals surface area contributed by atoms with Gasteiger partial charge in [-0.3, -0.25) is 10.1 Å². The van der Waals surface area contributed by atoms with E-state index in [-0.39, 0.29) is 18.7 Å². The predicted octanol–water partition coefficient (Wildman–Crippen LogP) is 4.54. The monoisotopic (exact) mass is 320 g/mol. The molecule has 0 saturated heterocycles. The molecular formula is C15H13ClN2O2S. The Morgan fingerprint density at radius 3 is 2.76 bits per heavy atom. The Bertz CT molecular complexity index is 768. The van der Waals surface area contributed by atoms with Crippen molar-refractivity contribution in [3.63, 3.8) is 0 Å². The van der Waals surface area contributed by atoms with E-state index in [0.29, 0.717) is 10.2 Å². The summed E-state index contributed by atoms with van der Waals surface area (Å²) >= 11 is 7.20. The van der Waals surface area contributed by atoms with Gasteiger partial charge in [0.1, 0.15) is 5.75 Å². The molecule has 108 valence electrons. The molecule has 0 atom stereocenters. The van der Waals surface area contributed by atoms with Crippen molar-refractivity contribution in [3.05, 3.63) is 53.1 Å². The fourth-order valence-electron chi connectivity index (χ4n) is 1.78. The molecule has 0 unspecified atom stereocenters. The molecule has 1 aromatic heterocycles. The number of phenolic OH excluding ortho intramolecular Hbond substituents is 1. The zero-order chi connectivity index (χ0) is 14.1. The molecule has 21 heavy (non-hydrogen) atoms. The Morgan fingerprint density at radius 1 is 1.24 bits per heavy atom. The van der Waals surface area contributed by atoms with E-state index >= 15 is 0 Å². The highest BCUT2D eigenvalue weighted by molar-refractivity contribution is 7.22. The SMILES string of the molecule is C.O=C(Nc1nc2ccccc2s1)c1cc(Cl)ccc1O. The van der Waals surface area contributed by atoms with E-state index in [9.17, 15) is 9.90 Å². The Labute approximate surface area is 131 Å². The standard InChI is InChI=1S/C14H9ClN2O2S.CH4/c15-8-5-6-11(18)9(7-8)13(19)17-14-16-10-3-1-2-4-12(10)20-14;/h1-7,18H,(H,16,17,19);1H4. The lowest BCUT2D eigenvalue weighted by Gasteiger charge is -2.04. The molecule has 1 heterocycles. The highest BCUT2D eigenvalue weighted by Gasteiger charge is 2.14. The fraction of sp³-hybridized carbons (Fsp3) is 0.0667. The predicted molar refractivity (Wildman–Crippen MR) is 87.4 cm³/mol. The van der Waals surface area contributed by atoms with Crippen LogP contribution in [0.2, 0.25) is 5.02 Å². The van der Waals surface area contributed by atoms with Gasteiger partial charge in [0.15, 0.2) is 5.13 Å². The van der Waals surface area contributed by atoms with E-state index in [1.807, 2.05) is 24.3 Å². The zero-order valence-corrected chi connectivity index (χ0v) is 11.7. The van der Waals surface area contributed by atoms with E-state index in [2.05, 4.69) is 10.3 Å². The zero-order valence-electron chi connectivity index (χ0n) is 10.1. The maximum absolute atomic E-state index is 12.1. The second-order valence-electron chi connectivity index (χ2n) is 4.10. The number of aromatic hydroxyl groups is 1. The highest BCUT2D eigenvalue weighted by atomic mass is 35.5. The maximum atomic E-state index is 12.1. The number of hydrogen-bond acceptors (Lipinski definition) is 4. The van der Waals surface area contributed by atoms with Gasteiger partial charge in [0.2, 0.25) is 0 Å². The third-order valence-electron chi connectivity index (χ3n) is 2.72. The minimum atomic E-state index is -0.441. The molecule has 1 amide bonds. The largest absolute Gasteiger partial charge is 0.507 e. The third-order valence-corrected chi connectivity index (χ3v) is 3.90. The number of halogens is 1. The quantitative estimate of drug-likeness (QED) is 0.728. The lowest BCUT2D eigenvalue weighted by Crippen LogP contribution is -2.11. The molecule has 0 fully saturated rings. The third kappa shape index (κ3) is 3.15. The van der Waals surface area contributed by atoms with Crippen LogP contribution in [0.4, 0.5) is 5.13 Å². The minimum Gasteiger partial charge on any atom is -0.507 e. The molecule has 6 heteroatoms. The Kier molecular flexibility index (Phi) is 4.45. The van der Waals surface area contributed by atoms with Crippen LogP contribution in [0.15, 0.2) is 42.5 Å². The minimum absolute atomic E-state index is 0. The van der Waals surface area contributed by atoms with Crippen LogP contribution in [0.1, 0.15) is 17.8 Å². The van der Waals surface area contributed by atoms with Crippen molar-refractivity contribution >= 4 is 44.2 Å². The highest BCUT2D eigenvalue weighted by Crippen LogP contribution is 2.27. The second-order valence-corrected chi connectivity index (χ2v) is 5.57. The number of benzene rings is 2. The maximum Gasteiger partial charge on any atom is 0.261 e. The van der Waals surface area contributed by atoms with Crippen molar-refractivity contribution in [2.24, 2.45) is 0 Å². The number of nitrogens with one attached hydrogen (secondary N) is 1. The number of hydrogen-bond donors (Lipinski definition) is 2. The fourth-order valence-corrected chi connectivity index (χ4v) is 2.81. The van der Waals surface area contributed by atoms with Gasteiger partial charge in [-0.2, -0.15) is 0 Å². The molecule has 2 aromatic carbocycles. The summed E-state index contributed by atoms with van der Waals surface area (Å²) in [6.07, 6.45) is 0. The lowest BCUT2D eigenvalue weighted by molar-refractivity contribution is 0.102. The summed E-state index contributed by atoms with van der Waals surface area (Å²) in [4.78, 5) is 16.4. The second kappa shape index (κ2) is 6.11. The summed E-state index contributed by atoms with van der Waals surface area (Å²) in [6, 6.07) is 11.9. The average molecular weight is 321 g/mol. The van der Waals surface area contributed by atoms with Gasteiger partial charge in [-0.05, 0) is 30.3 Å². The molecule has 0 radical (unpaired) electrons. The Balaban J connectivity index is 0.00000161. The van der Waals surface area contributed by atoms with E-state index in [1.54, 1.807) is 0 Å². The van der Waals surface area contributed by atoms with Crippen LogP contribution in [0.25, 0.3) is 10.2 Å². The van der Waals surface area contributed by atoms with Gasteiger partial charge in [-0.25, -0.2) is 4.98 Å². The lowest BCUT2D eigenvalue weighted by atomic mass is 10.2. The molecular weight excluding hydrogens is 308 g/mol. The molecule has 4 nitrogen and oxygen atoms in total. The van der Waals surface area contributed by atoms with Crippen LogP contribution >= 0.6 is 22.9 Å². The summed E-state index contributed by atoms with van der Waals surface area (Å²) < 4.78 is 0.984. The Morgan fingerprint density at radius 2 is 2.00 bits per heavy atom. The number of amides is 1. The number of para-hydroxylation sites is 1. The first kappa shape index (κ1) is 15.3. The molecule has 0 aliphatic heterocycles. The van der Waals surface area contributed by atoms with Crippen molar-refractivity contribution in [2.45, 2.75) is 7.43 Å². The number of nitrogens with zero attached hydrogens (tertiary/aromatic N) is 1. The van der Waals surface area contributed by atoms with Crippen molar-refractivity contribution in [1.29, 1.82) is 0 Å². The topological polar surface area (TPSA) is 62.2 Å². The van der Waals surface area contributed by atoms with E-state index < -0.39 is 5.91 Å². The average Bonchev–Trinajstić information content (AvgIpc) is 2.83.